The minimum absolute atomic E-state index is 0.0469. The van der Waals surface area contributed by atoms with Crippen LogP contribution in [0.15, 0.2) is 23.3 Å². The van der Waals surface area contributed by atoms with Crippen LogP contribution >= 0.6 is 0 Å². The van der Waals surface area contributed by atoms with Crippen LogP contribution in [0.2, 0.25) is 0 Å². The van der Waals surface area contributed by atoms with Crippen LogP contribution in [0.3, 0.4) is 0 Å². The molecule has 1 amide bonds. The molecule has 1 aromatic rings. The average molecular weight is 403 g/mol. The molecule has 2 aliphatic rings. The van der Waals surface area contributed by atoms with E-state index in [2.05, 4.69) is 25.1 Å². The van der Waals surface area contributed by atoms with Crippen molar-refractivity contribution in [3.63, 3.8) is 0 Å². The van der Waals surface area contributed by atoms with Crippen molar-refractivity contribution in [2.24, 2.45) is 4.99 Å². The third-order valence-corrected chi connectivity index (χ3v) is 5.72. The molecule has 0 bridgehead atoms. The van der Waals surface area contributed by atoms with E-state index in [0.717, 1.165) is 63.6 Å². The number of pyridine rings is 1. The predicted molar refractivity (Wildman–Crippen MR) is 114 cm³/mol. The van der Waals surface area contributed by atoms with Gasteiger partial charge in [-0.1, -0.05) is 6.07 Å². The number of ether oxygens (including phenoxy) is 1. The number of nitrogens with zero attached hydrogens (tertiary/aromatic N) is 5. The smallest absolute Gasteiger partial charge is 0.239 e. The number of aliphatic imine (C=N–C) groups is 1. The summed E-state index contributed by atoms with van der Waals surface area (Å²) in [6.45, 7) is 10.5. The second kappa shape index (κ2) is 10.4. The van der Waals surface area contributed by atoms with Crippen molar-refractivity contribution in [3.8, 4) is 5.88 Å². The standard InChI is InChI=1S/C21H34N6O2/c1-4-29-19-18(8-7-9-23-19)16-24-21(22-3)27-14-12-25(13-15-27)17(2)20(28)26-10-5-6-11-26/h7-9,17H,4-6,10-16H2,1-3H3,(H,22,24). The van der Waals surface area contributed by atoms with E-state index in [4.69, 9.17) is 4.74 Å². The Morgan fingerprint density at radius 2 is 1.93 bits per heavy atom. The Morgan fingerprint density at radius 3 is 2.59 bits per heavy atom. The molecule has 160 valence electrons. The number of rotatable bonds is 6. The first-order chi connectivity index (χ1) is 14.1. The van der Waals surface area contributed by atoms with E-state index < -0.39 is 0 Å². The molecule has 1 N–H and O–H groups in total. The monoisotopic (exact) mass is 402 g/mol. The maximum Gasteiger partial charge on any atom is 0.239 e. The van der Waals surface area contributed by atoms with Crippen molar-refractivity contribution in [3.05, 3.63) is 23.9 Å². The molecule has 1 unspecified atom stereocenters. The Labute approximate surface area is 173 Å². The number of nitrogens with one attached hydrogen (secondary N) is 1. The fraction of sp³-hybridized carbons (Fsp3) is 0.667. The van der Waals surface area contributed by atoms with E-state index >= 15 is 0 Å². The molecular formula is C21H34N6O2. The summed E-state index contributed by atoms with van der Waals surface area (Å²) in [5.41, 5.74) is 1.01. The van der Waals surface area contributed by atoms with Gasteiger partial charge in [0.1, 0.15) is 0 Å². The quantitative estimate of drug-likeness (QED) is 0.569. The first-order valence-electron chi connectivity index (χ1n) is 10.7. The molecule has 29 heavy (non-hydrogen) atoms. The van der Waals surface area contributed by atoms with Crippen LogP contribution in [0.5, 0.6) is 5.88 Å². The van der Waals surface area contributed by atoms with Crippen LogP contribution in [-0.2, 0) is 11.3 Å². The van der Waals surface area contributed by atoms with Gasteiger partial charge < -0.3 is 19.9 Å². The van der Waals surface area contributed by atoms with E-state index in [1.807, 2.05) is 30.9 Å². The number of hydrogen-bond donors (Lipinski definition) is 1. The van der Waals surface area contributed by atoms with Crippen LogP contribution in [0, 0.1) is 0 Å². The number of guanidine groups is 1. The number of likely N-dealkylation sites (tertiary alicyclic amines) is 1. The van der Waals surface area contributed by atoms with E-state index in [1.165, 1.54) is 0 Å². The van der Waals surface area contributed by atoms with Gasteiger partial charge in [0.25, 0.3) is 0 Å². The maximum absolute atomic E-state index is 12.7. The van der Waals surface area contributed by atoms with Crippen molar-refractivity contribution in [2.75, 3.05) is 52.9 Å². The normalized spacial score (nSPS) is 19.3. The van der Waals surface area contributed by atoms with Gasteiger partial charge in [0, 0.05) is 64.6 Å². The molecule has 3 heterocycles. The number of amides is 1. The van der Waals surface area contributed by atoms with Gasteiger partial charge in [0.15, 0.2) is 5.96 Å². The topological polar surface area (TPSA) is 73.3 Å². The lowest BCUT2D eigenvalue weighted by molar-refractivity contribution is -0.135. The number of piperazine rings is 1. The summed E-state index contributed by atoms with van der Waals surface area (Å²) < 4.78 is 5.61. The highest BCUT2D eigenvalue weighted by atomic mass is 16.5. The van der Waals surface area contributed by atoms with Gasteiger partial charge in [0.05, 0.1) is 12.6 Å². The van der Waals surface area contributed by atoms with Gasteiger partial charge in [-0.05, 0) is 32.8 Å². The van der Waals surface area contributed by atoms with Crippen LogP contribution < -0.4 is 10.1 Å². The Bertz CT molecular complexity index is 696. The molecule has 1 atom stereocenters. The van der Waals surface area contributed by atoms with Crippen molar-refractivity contribution < 1.29 is 9.53 Å². The molecule has 1 aromatic heterocycles. The molecule has 2 fully saturated rings. The van der Waals surface area contributed by atoms with Crippen LogP contribution in [0.4, 0.5) is 0 Å². The average Bonchev–Trinajstić information content (AvgIpc) is 3.30. The van der Waals surface area contributed by atoms with Crippen molar-refractivity contribution in [1.29, 1.82) is 0 Å². The molecule has 0 saturated carbocycles. The zero-order chi connectivity index (χ0) is 20.6. The maximum atomic E-state index is 12.7. The lowest BCUT2D eigenvalue weighted by Crippen LogP contribution is -2.57. The number of carbonyl (C=O) groups is 1. The molecule has 0 aromatic carbocycles. The summed E-state index contributed by atoms with van der Waals surface area (Å²) in [5, 5.41) is 3.43. The van der Waals surface area contributed by atoms with Crippen molar-refractivity contribution in [1.82, 2.24) is 25.0 Å². The van der Waals surface area contributed by atoms with Crippen LogP contribution in [-0.4, -0.2) is 90.5 Å². The molecule has 8 heteroatoms. The molecule has 0 aliphatic carbocycles. The second-order valence-electron chi connectivity index (χ2n) is 7.53. The van der Waals surface area contributed by atoms with Gasteiger partial charge in [-0.15, -0.1) is 0 Å². The highest BCUT2D eigenvalue weighted by molar-refractivity contribution is 5.82. The van der Waals surface area contributed by atoms with Crippen molar-refractivity contribution in [2.45, 2.75) is 39.3 Å². The Kier molecular flexibility index (Phi) is 7.69. The zero-order valence-corrected chi connectivity index (χ0v) is 17.9. The first kappa shape index (κ1) is 21.4. The van der Waals surface area contributed by atoms with E-state index in [-0.39, 0.29) is 11.9 Å². The molecule has 2 saturated heterocycles. The summed E-state index contributed by atoms with van der Waals surface area (Å²) in [4.78, 5) is 28.0. The second-order valence-corrected chi connectivity index (χ2v) is 7.53. The Balaban J connectivity index is 1.50. The largest absolute Gasteiger partial charge is 0.478 e. The number of hydrogen-bond acceptors (Lipinski definition) is 5. The summed E-state index contributed by atoms with van der Waals surface area (Å²) >= 11 is 0. The van der Waals surface area contributed by atoms with Gasteiger partial charge >= 0.3 is 0 Å². The van der Waals surface area contributed by atoms with Crippen molar-refractivity contribution >= 4 is 11.9 Å². The van der Waals surface area contributed by atoms with Gasteiger partial charge in [-0.3, -0.25) is 14.7 Å². The SMILES string of the molecule is CCOc1ncccc1CNC(=NC)N1CCN(C(C)C(=O)N2CCCC2)CC1. The fourth-order valence-corrected chi connectivity index (χ4v) is 4.01. The summed E-state index contributed by atoms with van der Waals surface area (Å²) in [5.74, 6) is 1.81. The molecular weight excluding hydrogens is 368 g/mol. The number of carbonyl (C=O) groups excluding carboxylic acids is 1. The highest BCUT2D eigenvalue weighted by Crippen LogP contribution is 2.15. The fourth-order valence-electron chi connectivity index (χ4n) is 4.01. The predicted octanol–water partition coefficient (Wildman–Crippen LogP) is 1.18. The zero-order valence-electron chi connectivity index (χ0n) is 17.9. The third-order valence-electron chi connectivity index (χ3n) is 5.72. The van der Waals surface area contributed by atoms with Gasteiger partial charge in [0.2, 0.25) is 11.8 Å². The number of aromatic nitrogens is 1. The Hall–Kier alpha value is -2.35. The van der Waals surface area contributed by atoms with Gasteiger partial charge in [-0.25, -0.2) is 4.98 Å². The third kappa shape index (κ3) is 5.38. The molecule has 8 nitrogen and oxygen atoms in total. The minimum Gasteiger partial charge on any atom is -0.478 e. The van der Waals surface area contributed by atoms with Crippen LogP contribution in [0.25, 0.3) is 0 Å². The lowest BCUT2D eigenvalue weighted by atomic mass is 10.2. The van der Waals surface area contributed by atoms with Crippen LogP contribution in [0.1, 0.15) is 32.3 Å². The van der Waals surface area contributed by atoms with Gasteiger partial charge in [-0.2, -0.15) is 0 Å². The minimum atomic E-state index is -0.0469. The molecule has 0 radical (unpaired) electrons. The summed E-state index contributed by atoms with van der Waals surface area (Å²) in [7, 11) is 1.81. The first-order valence-corrected chi connectivity index (χ1v) is 10.7. The van der Waals surface area contributed by atoms with E-state index in [0.29, 0.717) is 19.0 Å². The Morgan fingerprint density at radius 1 is 1.21 bits per heavy atom. The molecule has 3 rings (SSSR count). The van der Waals surface area contributed by atoms with E-state index in [9.17, 15) is 4.79 Å². The molecule has 2 aliphatic heterocycles. The summed E-state index contributed by atoms with van der Waals surface area (Å²) in [6.07, 6.45) is 4.01. The lowest BCUT2D eigenvalue weighted by Gasteiger charge is -2.39. The summed E-state index contributed by atoms with van der Waals surface area (Å²) in [6, 6.07) is 3.89. The highest BCUT2D eigenvalue weighted by Gasteiger charge is 2.30. The molecule has 0 spiro atoms. The van der Waals surface area contributed by atoms with E-state index in [1.54, 1.807) is 13.2 Å².